The van der Waals surface area contributed by atoms with Gasteiger partial charge in [0.1, 0.15) is 11.6 Å². The number of amides is 1. The molecule has 1 heterocycles. The van der Waals surface area contributed by atoms with Crippen LogP contribution in [-0.2, 0) is 6.42 Å². The summed E-state index contributed by atoms with van der Waals surface area (Å²) in [6, 6.07) is 19.6. The standard InChI is InChI=1S/C20H18FN3O/c21-18-9-5-4-8-17(18)20(25)24-16-10-11-19(23-14-16)22-13-12-15-6-2-1-3-7-15/h1-11,14H,12-13H2,(H,22,23)(H,24,25). The largest absolute Gasteiger partial charge is 0.370 e. The molecule has 0 fully saturated rings. The van der Waals surface area contributed by atoms with Crippen LogP contribution >= 0.6 is 0 Å². The average Bonchev–Trinajstić information content (AvgIpc) is 2.64. The topological polar surface area (TPSA) is 54.0 Å². The molecular weight excluding hydrogens is 317 g/mol. The Kier molecular flexibility index (Phi) is 5.36. The first kappa shape index (κ1) is 16.6. The maximum absolute atomic E-state index is 13.6. The van der Waals surface area contributed by atoms with E-state index in [1.165, 1.54) is 17.7 Å². The minimum absolute atomic E-state index is 0.00700. The number of hydrogen-bond donors (Lipinski definition) is 2. The molecule has 0 spiro atoms. The zero-order chi connectivity index (χ0) is 17.5. The van der Waals surface area contributed by atoms with Gasteiger partial charge >= 0.3 is 0 Å². The van der Waals surface area contributed by atoms with Gasteiger partial charge in [0.2, 0.25) is 0 Å². The quantitative estimate of drug-likeness (QED) is 0.712. The van der Waals surface area contributed by atoms with E-state index in [0.29, 0.717) is 5.69 Å². The predicted molar refractivity (Wildman–Crippen MR) is 97.2 cm³/mol. The maximum atomic E-state index is 13.6. The van der Waals surface area contributed by atoms with Crippen molar-refractivity contribution >= 4 is 17.4 Å². The van der Waals surface area contributed by atoms with Crippen LogP contribution in [0.25, 0.3) is 0 Å². The van der Waals surface area contributed by atoms with E-state index >= 15 is 0 Å². The molecule has 0 bridgehead atoms. The Hall–Kier alpha value is -3.21. The number of nitrogens with one attached hydrogen (secondary N) is 2. The Morgan fingerprint density at radius 1 is 0.960 bits per heavy atom. The second-order valence-corrected chi connectivity index (χ2v) is 5.53. The summed E-state index contributed by atoms with van der Waals surface area (Å²) in [6.45, 7) is 0.762. The molecule has 0 aliphatic rings. The highest BCUT2D eigenvalue weighted by molar-refractivity contribution is 6.04. The molecule has 1 amide bonds. The number of nitrogens with zero attached hydrogens (tertiary/aromatic N) is 1. The van der Waals surface area contributed by atoms with Crippen LogP contribution in [0.1, 0.15) is 15.9 Å². The Morgan fingerprint density at radius 3 is 2.44 bits per heavy atom. The third-order valence-electron chi connectivity index (χ3n) is 3.70. The number of halogens is 1. The summed E-state index contributed by atoms with van der Waals surface area (Å²) in [5.41, 5.74) is 1.78. The van der Waals surface area contributed by atoms with Gasteiger partial charge in [-0.3, -0.25) is 4.79 Å². The van der Waals surface area contributed by atoms with Crippen LogP contribution in [0.5, 0.6) is 0 Å². The number of aromatic nitrogens is 1. The van der Waals surface area contributed by atoms with Crippen molar-refractivity contribution in [2.75, 3.05) is 17.2 Å². The van der Waals surface area contributed by atoms with Crippen molar-refractivity contribution in [3.05, 3.63) is 89.9 Å². The first-order chi connectivity index (χ1) is 12.2. The molecule has 0 saturated heterocycles. The van der Waals surface area contributed by atoms with Crippen molar-refractivity contribution in [1.82, 2.24) is 4.98 Å². The van der Waals surface area contributed by atoms with E-state index in [0.717, 1.165) is 18.8 Å². The van der Waals surface area contributed by atoms with E-state index in [9.17, 15) is 9.18 Å². The summed E-state index contributed by atoms with van der Waals surface area (Å²) < 4.78 is 13.6. The summed E-state index contributed by atoms with van der Waals surface area (Å²) >= 11 is 0. The number of carbonyl (C=O) groups excluding carboxylic acids is 1. The minimum atomic E-state index is -0.549. The highest BCUT2D eigenvalue weighted by Gasteiger charge is 2.10. The number of anilines is 2. The van der Waals surface area contributed by atoms with Gasteiger partial charge in [-0.2, -0.15) is 0 Å². The van der Waals surface area contributed by atoms with Crippen LogP contribution in [0.15, 0.2) is 72.9 Å². The lowest BCUT2D eigenvalue weighted by Crippen LogP contribution is -2.14. The monoisotopic (exact) mass is 335 g/mol. The number of benzene rings is 2. The Bertz CT molecular complexity index is 835. The van der Waals surface area contributed by atoms with Crippen LogP contribution in [0.4, 0.5) is 15.9 Å². The SMILES string of the molecule is O=C(Nc1ccc(NCCc2ccccc2)nc1)c1ccccc1F. The highest BCUT2D eigenvalue weighted by Crippen LogP contribution is 2.13. The van der Waals surface area contributed by atoms with Gasteiger partial charge in [0.05, 0.1) is 17.4 Å². The van der Waals surface area contributed by atoms with Gasteiger partial charge in [-0.15, -0.1) is 0 Å². The fraction of sp³-hybridized carbons (Fsp3) is 0.100. The molecular formula is C20H18FN3O. The molecule has 0 radical (unpaired) electrons. The molecule has 0 aliphatic carbocycles. The average molecular weight is 335 g/mol. The summed E-state index contributed by atoms with van der Waals surface area (Å²) in [7, 11) is 0. The first-order valence-corrected chi connectivity index (χ1v) is 8.02. The van der Waals surface area contributed by atoms with Gasteiger partial charge in [0.25, 0.3) is 5.91 Å². The van der Waals surface area contributed by atoms with E-state index in [2.05, 4.69) is 27.8 Å². The van der Waals surface area contributed by atoms with E-state index in [1.54, 1.807) is 30.5 Å². The van der Waals surface area contributed by atoms with Crippen LogP contribution in [0.2, 0.25) is 0 Å². The van der Waals surface area contributed by atoms with E-state index in [1.807, 2.05) is 18.2 Å². The second kappa shape index (κ2) is 8.06. The molecule has 5 heteroatoms. The Labute approximate surface area is 145 Å². The molecule has 0 atom stereocenters. The van der Waals surface area contributed by atoms with Crippen molar-refractivity contribution in [2.24, 2.45) is 0 Å². The Morgan fingerprint density at radius 2 is 1.72 bits per heavy atom. The third-order valence-corrected chi connectivity index (χ3v) is 3.70. The smallest absolute Gasteiger partial charge is 0.258 e. The van der Waals surface area contributed by atoms with Gasteiger partial charge in [-0.05, 0) is 36.2 Å². The molecule has 4 nitrogen and oxygen atoms in total. The van der Waals surface area contributed by atoms with E-state index < -0.39 is 11.7 Å². The van der Waals surface area contributed by atoms with Crippen molar-refractivity contribution in [3.8, 4) is 0 Å². The van der Waals surface area contributed by atoms with E-state index in [-0.39, 0.29) is 5.56 Å². The second-order valence-electron chi connectivity index (χ2n) is 5.53. The summed E-state index contributed by atoms with van der Waals surface area (Å²) in [5, 5.41) is 5.87. The van der Waals surface area contributed by atoms with Gasteiger partial charge in [-0.25, -0.2) is 9.37 Å². The van der Waals surface area contributed by atoms with Crippen LogP contribution < -0.4 is 10.6 Å². The predicted octanol–water partition coefficient (Wildman–Crippen LogP) is 4.13. The first-order valence-electron chi connectivity index (χ1n) is 8.02. The number of rotatable bonds is 6. The molecule has 0 unspecified atom stereocenters. The fourth-order valence-corrected chi connectivity index (χ4v) is 2.40. The van der Waals surface area contributed by atoms with Crippen molar-refractivity contribution < 1.29 is 9.18 Å². The zero-order valence-corrected chi connectivity index (χ0v) is 13.6. The van der Waals surface area contributed by atoms with Crippen molar-refractivity contribution in [2.45, 2.75) is 6.42 Å². The summed E-state index contributed by atoms with van der Waals surface area (Å²) in [4.78, 5) is 16.3. The number of pyridine rings is 1. The lowest BCUT2D eigenvalue weighted by Gasteiger charge is -2.08. The molecule has 3 rings (SSSR count). The zero-order valence-electron chi connectivity index (χ0n) is 13.6. The molecule has 1 aromatic heterocycles. The highest BCUT2D eigenvalue weighted by atomic mass is 19.1. The third kappa shape index (κ3) is 4.64. The van der Waals surface area contributed by atoms with Gasteiger partial charge in [0.15, 0.2) is 0 Å². The molecule has 25 heavy (non-hydrogen) atoms. The molecule has 2 aromatic carbocycles. The lowest BCUT2D eigenvalue weighted by atomic mass is 10.1. The molecule has 0 aliphatic heterocycles. The van der Waals surface area contributed by atoms with E-state index in [4.69, 9.17) is 0 Å². The van der Waals surface area contributed by atoms with Gasteiger partial charge in [-0.1, -0.05) is 42.5 Å². The number of carbonyl (C=O) groups is 1. The summed E-state index contributed by atoms with van der Waals surface area (Å²) in [5.74, 6) is -0.323. The molecule has 2 N–H and O–H groups in total. The fourth-order valence-electron chi connectivity index (χ4n) is 2.40. The Balaban J connectivity index is 1.53. The van der Waals surface area contributed by atoms with Crippen LogP contribution in [-0.4, -0.2) is 17.4 Å². The lowest BCUT2D eigenvalue weighted by molar-refractivity contribution is 0.102. The summed E-state index contributed by atoms with van der Waals surface area (Å²) in [6.07, 6.45) is 2.44. The van der Waals surface area contributed by atoms with Gasteiger partial charge < -0.3 is 10.6 Å². The molecule has 3 aromatic rings. The van der Waals surface area contributed by atoms with Crippen LogP contribution in [0, 0.1) is 5.82 Å². The van der Waals surface area contributed by atoms with Crippen molar-refractivity contribution in [1.29, 1.82) is 0 Å². The van der Waals surface area contributed by atoms with Crippen molar-refractivity contribution in [3.63, 3.8) is 0 Å². The normalized spacial score (nSPS) is 10.3. The van der Waals surface area contributed by atoms with Gasteiger partial charge in [0, 0.05) is 6.54 Å². The maximum Gasteiger partial charge on any atom is 0.258 e. The van der Waals surface area contributed by atoms with Crippen LogP contribution in [0.3, 0.4) is 0 Å². The molecule has 126 valence electrons. The number of hydrogen-bond acceptors (Lipinski definition) is 3. The minimum Gasteiger partial charge on any atom is -0.370 e. The molecule has 0 saturated carbocycles.